The fourth-order valence-electron chi connectivity index (χ4n) is 1.49. The number of hydrogen-bond acceptors (Lipinski definition) is 4. The second-order valence-electron chi connectivity index (χ2n) is 5.44. The van der Waals surface area contributed by atoms with Crippen LogP contribution in [0, 0.1) is 11.3 Å². The van der Waals surface area contributed by atoms with Crippen LogP contribution >= 0.6 is 0 Å². The molecule has 0 radical (unpaired) electrons. The Morgan fingerprint density at radius 1 is 1.21 bits per heavy atom. The highest BCUT2D eigenvalue weighted by molar-refractivity contribution is 5.81. The topological polar surface area (TPSA) is 105 Å². The average molecular weight is 274 g/mol. The zero-order valence-corrected chi connectivity index (χ0v) is 11.8. The van der Waals surface area contributed by atoms with Crippen molar-refractivity contribution in [2.75, 3.05) is 20.2 Å². The molecule has 0 heterocycles. The molecule has 0 aromatic carbocycles. The molecule has 2 amide bonds. The highest BCUT2D eigenvalue weighted by Gasteiger charge is 2.24. The number of carboxylic acid groups (broad SMARTS) is 1. The molecule has 1 atom stereocenters. The van der Waals surface area contributed by atoms with Gasteiger partial charge < -0.3 is 20.5 Å². The van der Waals surface area contributed by atoms with E-state index in [1.165, 1.54) is 7.11 Å². The van der Waals surface area contributed by atoms with E-state index in [0.29, 0.717) is 6.42 Å². The van der Waals surface area contributed by atoms with Gasteiger partial charge in [-0.25, -0.2) is 4.79 Å². The molecule has 7 nitrogen and oxygen atoms in total. The fourth-order valence-corrected chi connectivity index (χ4v) is 1.49. The first-order valence-corrected chi connectivity index (χ1v) is 5.97. The number of aliphatic carboxylic acids is 1. The highest BCUT2D eigenvalue weighted by Crippen LogP contribution is 2.24. The fraction of sp³-hybridized carbons (Fsp3) is 0.750. The van der Waals surface area contributed by atoms with E-state index in [4.69, 9.17) is 5.11 Å². The molecule has 7 heteroatoms. The monoisotopic (exact) mass is 274 g/mol. The van der Waals surface area contributed by atoms with Gasteiger partial charge >= 0.3 is 18.0 Å². The number of rotatable bonds is 6. The summed E-state index contributed by atoms with van der Waals surface area (Å²) in [4.78, 5) is 33.2. The van der Waals surface area contributed by atoms with Crippen LogP contribution in [0.25, 0.3) is 0 Å². The Morgan fingerprint density at radius 3 is 2.21 bits per heavy atom. The van der Waals surface area contributed by atoms with E-state index in [1.54, 1.807) is 0 Å². The highest BCUT2D eigenvalue weighted by atomic mass is 16.5. The van der Waals surface area contributed by atoms with Crippen LogP contribution < -0.4 is 10.6 Å². The third kappa shape index (κ3) is 8.87. The number of methoxy groups -OCH3 is 1. The van der Waals surface area contributed by atoms with E-state index in [-0.39, 0.29) is 18.5 Å². The van der Waals surface area contributed by atoms with Crippen molar-refractivity contribution in [3.05, 3.63) is 0 Å². The minimum Gasteiger partial charge on any atom is -0.481 e. The summed E-state index contributed by atoms with van der Waals surface area (Å²) in [6, 6.07) is -0.592. The molecule has 1 unspecified atom stereocenters. The number of carbonyl (C=O) groups is 3. The Balaban J connectivity index is 4.15. The Labute approximate surface area is 112 Å². The van der Waals surface area contributed by atoms with Gasteiger partial charge in [-0.1, -0.05) is 20.8 Å². The van der Waals surface area contributed by atoms with Gasteiger partial charge in [0.1, 0.15) is 6.54 Å². The Kier molecular flexibility index (Phi) is 6.89. The first-order valence-electron chi connectivity index (χ1n) is 5.97. The number of amides is 2. The summed E-state index contributed by atoms with van der Waals surface area (Å²) in [5, 5.41) is 13.8. The van der Waals surface area contributed by atoms with Gasteiger partial charge in [0, 0.05) is 6.54 Å². The SMILES string of the molecule is COC(=O)CNC(=O)NCC(CC(C)(C)C)C(=O)O. The Morgan fingerprint density at radius 2 is 1.79 bits per heavy atom. The zero-order valence-electron chi connectivity index (χ0n) is 11.8. The first kappa shape index (κ1) is 17.2. The van der Waals surface area contributed by atoms with Crippen molar-refractivity contribution in [2.24, 2.45) is 11.3 Å². The van der Waals surface area contributed by atoms with Gasteiger partial charge in [-0.3, -0.25) is 9.59 Å². The number of esters is 1. The first-order chi connectivity index (χ1) is 8.65. The lowest BCUT2D eigenvalue weighted by molar-refractivity contribution is -0.142. The minimum atomic E-state index is -0.955. The summed E-state index contributed by atoms with van der Waals surface area (Å²) in [6.07, 6.45) is 0.444. The van der Waals surface area contributed by atoms with Gasteiger partial charge in [-0.05, 0) is 11.8 Å². The molecule has 0 aliphatic carbocycles. The summed E-state index contributed by atoms with van der Waals surface area (Å²) in [5.74, 6) is -2.19. The predicted molar refractivity (Wildman–Crippen MR) is 68.6 cm³/mol. The van der Waals surface area contributed by atoms with Gasteiger partial charge in [0.2, 0.25) is 0 Å². The molecule has 0 aliphatic rings. The van der Waals surface area contributed by atoms with Crippen LogP contribution in [0.3, 0.4) is 0 Å². The molecular weight excluding hydrogens is 252 g/mol. The number of nitrogens with one attached hydrogen (secondary N) is 2. The summed E-state index contributed by atoms with van der Waals surface area (Å²) >= 11 is 0. The van der Waals surface area contributed by atoms with Crippen LogP contribution in [0.15, 0.2) is 0 Å². The van der Waals surface area contributed by atoms with Crippen molar-refractivity contribution in [3.8, 4) is 0 Å². The van der Waals surface area contributed by atoms with E-state index in [2.05, 4.69) is 15.4 Å². The maximum absolute atomic E-state index is 11.3. The molecule has 19 heavy (non-hydrogen) atoms. The zero-order chi connectivity index (χ0) is 15.1. The third-order valence-electron chi connectivity index (χ3n) is 2.34. The van der Waals surface area contributed by atoms with Gasteiger partial charge in [-0.2, -0.15) is 0 Å². The summed E-state index contributed by atoms with van der Waals surface area (Å²) in [5.41, 5.74) is -0.146. The second-order valence-corrected chi connectivity index (χ2v) is 5.44. The second kappa shape index (κ2) is 7.60. The van der Waals surface area contributed by atoms with E-state index in [1.807, 2.05) is 20.8 Å². The predicted octanol–water partition coefficient (Wildman–Crippen LogP) is 0.596. The van der Waals surface area contributed by atoms with Gasteiger partial charge in [-0.15, -0.1) is 0 Å². The Bertz CT molecular complexity index is 336. The minimum absolute atomic E-state index is 0.0135. The normalized spacial score (nSPS) is 12.4. The molecule has 0 aromatic rings. The maximum atomic E-state index is 11.3. The van der Waals surface area contributed by atoms with Crippen LogP contribution in [0.2, 0.25) is 0 Å². The lowest BCUT2D eigenvalue weighted by Gasteiger charge is -2.23. The molecule has 3 N–H and O–H groups in total. The van der Waals surface area contributed by atoms with Crippen molar-refractivity contribution in [1.29, 1.82) is 0 Å². The Hall–Kier alpha value is -1.79. The molecule has 0 rings (SSSR count). The molecule has 0 aliphatic heterocycles. The number of urea groups is 1. The third-order valence-corrected chi connectivity index (χ3v) is 2.34. The summed E-state index contributed by atoms with van der Waals surface area (Å²) in [7, 11) is 1.21. The van der Waals surface area contributed by atoms with E-state index >= 15 is 0 Å². The quantitative estimate of drug-likeness (QED) is 0.615. The molecule has 0 spiro atoms. The molecule has 0 fully saturated rings. The van der Waals surface area contributed by atoms with Crippen molar-refractivity contribution in [3.63, 3.8) is 0 Å². The van der Waals surface area contributed by atoms with Crippen molar-refractivity contribution >= 4 is 18.0 Å². The molecular formula is C12H22N2O5. The summed E-state index contributed by atoms with van der Waals surface area (Å²) in [6.45, 7) is 5.56. The van der Waals surface area contributed by atoms with Gasteiger partial charge in [0.15, 0.2) is 0 Å². The van der Waals surface area contributed by atoms with Crippen LogP contribution in [-0.2, 0) is 14.3 Å². The molecule has 0 saturated carbocycles. The van der Waals surface area contributed by atoms with Crippen LogP contribution in [-0.4, -0.2) is 43.3 Å². The van der Waals surface area contributed by atoms with Crippen LogP contribution in [0.4, 0.5) is 4.79 Å². The molecule has 0 aromatic heterocycles. The smallest absolute Gasteiger partial charge is 0.325 e. The molecule has 0 saturated heterocycles. The van der Waals surface area contributed by atoms with Crippen molar-refractivity contribution < 1.29 is 24.2 Å². The van der Waals surface area contributed by atoms with E-state index in [0.717, 1.165) is 0 Å². The average Bonchev–Trinajstić information content (AvgIpc) is 2.29. The summed E-state index contributed by atoms with van der Waals surface area (Å²) < 4.78 is 4.35. The van der Waals surface area contributed by atoms with Crippen molar-refractivity contribution in [2.45, 2.75) is 27.2 Å². The molecule has 0 bridgehead atoms. The number of carbonyl (C=O) groups excluding carboxylic acids is 2. The number of ether oxygens (including phenoxy) is 1. The number of carboxylic acids is 1. The largest absolute Gasteiger partial charge is 0.481 e. The standard InChI is InChI=1S/C12H22N2O5/c1-12(2,3)5-8(10(16)17)6-13-11(18)14-7-9(15)19-4/h8H,5-7H2,1-4H3,(H,16,17)(H2,13,14,18). The lowest BCUT2D eigenvalue weighted by Crippen LogP contribution is -2.42. The lowest BCUT2D eigenvalue weighted by atomic mass is 9.84. The van der Waals surface area contributed by atoms with E-state index in [9.17, 15) is 14.4 Å². The number of hydrogen-bond donors (Lipinski definition) is 3. The van der Waals surface area contributed by atoms with Gasteiger partial charge in [0.05, 0.1) is 13.0 Å². The molecule has 110 valence electrons. The van der Waals surface area contributed by atoms with Crippen LogP contribution in [0.1, 0.15) is 27.2 Å². The maximum Gasteiger partial charge on any atom is 0.325 e. The van der Waals surface area contributed by atoms with Crippen molar-refractivity contribution in [1.82, 2.24) is 10.6 Å². The van der Waals surface area contributed by atoms with Gasteiger partial charge in [0.25, 0.3) is 0 Å². The van der Waals surface area contributed by atoms with Crippen LogP contribution in [0.5, 0.6) is 0 Å². The van der Waals surface area contributed by atoms with E-state index < -0.39 is 23.9 Å².